The van der Waals surface area contributed by atoms with Crippen molar-refractivity contribution in [1.29, 1.82) is 0 Å². The van der Waals surface area contributed by atoms with E-state index in [1.807, 2.05) is 6.92 Å². The van der Waals surface area contributed by atoms with Crippen molar-refractivity contribution in [1.82, 2.24) is 10.3 Å². The fourth-order valence-corrected chi connectivity index (χ4v) is 3.33. The average molecular weight is 473 g/mol. The zero-order valence-electron chi connectivity index (χ0n) is 18.2. The van der Waals surface area contributed by atoms with Gasteiger partial charge in [0.25, 0.3) is 5.91 Å². The molecule has 1 aliphatic rings. The van der Waals surface area contributed by atoms with E-state index < -0.39 is 11.8 Å². The predicted octanol–water partition coefficient (Wildman–Crippen LogP) is 2.83. The highest BCUT2D eigenvalue weighted by Gasteiger charge is 2.19. The monoisotopic (exact) mass is 472 g/mol. The van der Waals surface area contributed by atoms with Crippen molar-refractivity contribution in [3.05, 3.63) is 53.1 Å². The number of amides is 3. The van der Waals surface area contributed by atoms with Crippen molar-refractivity contribution in [2.24, 2.45) is 5.10 Å². The van der Waals surface area contributed by atoms with Crippen LogP contribution in [0.2, 0.25) is 5.02 Å². The summed E-state index contributed by atoms with van der Waals surface area (Å²) in [5.41, 5.74) is 3.08. The van der Waals surface area contributed by atoms with E-state index in [-0.39, 0.29) is 12.5 Å². The maximum atomic E-state index is 12.2. The summed E-state index contributed by atoms with van der Waals surface area (Å²) in [7, 11) is 0. The van der Waals surface area contributed by atoms with Gasteiger partial charge in [-0.05, 0) is 55.7 Å². The number of hydrogen-bond donors (Lipinski definition) is 2. The summed E-state index contributed by atoms with van der Waals surface area (Å²) in [5, 5.41) is 6.53. The van der Waals surface area contributed by atoms with Crippen LogP contribution in [0.5, 0.6) is 11.5 Å². The van der Waals surface area contributed by atoms with Gasteiger partial charge in [-0.15, -0.1) is 0 Å². The first kappa shape index (κ1) is 24.1. The summed E-state index contributed by atoms with van der Waals surface area (Å²) < 4.78 is 11.3. The van der Waals surface area contributed by atoms with Gasteiger partial charge in [-0.1, -0.05) is 23.7 Å². The number of halogens is 1. The van der Waals surface area contributed by atoms with Gasteiger partial charge >= 0.3 is 11.8 Å². The highest BCUT2D eigenvalue weighted by molar-refractivity contribution is 6.41. The highest BCUT2D eigenvalue weighted by Crippen LogP contribution is 2.28. The van der Waals surface area contributed by atoms with Gasteiger partial charge in [-0.25, -0.2) is 5.43 Å². The minimum Gasteiger partial charge on any atom is -0.490 e. The number of likely N-dealkylation sites (tertiary alicyclic amines) is 1. The minimum absolute atomic E-state index is 0.0571. The standard InChI is InChI=1S/C23H25ClN4O5/c1-2-32-20-13-16(9-10-19(20)33-15-21(29)28-11-5-6-12-28)14-25-27-23(31)22(30)26-18-8-4-3-7-17(18)24/h3-4,7-10,13-14H,2,5-6,11-12,15H2,1H3,(H,26,30)(H,27,31)/b25-14-. The summed E-state index contributed by atoms with van der Waals surface area (Å²) in [6, 6.07) is 11.6. The number of benzene rings is 2. The number of nitrogens with zero attached hydrogens (tertiary/aromatic N) is 2. The Morgan fingerprint density at radius 1 is 1.06 bits per heavy atom. The Labute approximate surface area is 196 Å². The van der Waals surface area contributed by atoms with Crippen LogP contribution in [0.25, 0.3) is 0 Å². The average Bonchev–Trinajstić information content (AvgIpc) is 3.35. The molecule has 1 heterocycles. The van der Waals surface area contributed by atoms with Gasteiger partial charge < -0.3 is 19.7 Å². The molecule has 0 saturated carbocycles. The fourth-order valence-electron chi connectivity index (χ4n) is 3.15. The van der Waals surface area contributed by atoms with Crippen LogP contribution in [-0.2, 0) is 14.4 Å². The zero-order valence-corrected chi connectivity index (χ0v) is 18.9. The van der Waals surface area contributed by atoms with E-state index in [4.69, 9.17) is 21.1 Å². The molecular formula is C23H25ClN4O5. The van der Waals surface area contributed by atoms with Gasteiger partial charge in [0.1, 0.15) is 0 Å². The van der Waals surface area contributed by atoms with Crippen molar-refractivity contribution >= 4 is 41.2 Å². The highest BCUT2D eigenvalue weighted by atomic mass is 35.5. The van der Waals surface area contributed by atoms with Gasteiger partial charge in [0, 0.05) is 13.1 Å². The van der Waals surface area contributed by atoms with Crippen LogP contribution >= 0.6 is 11.6 Å². The van der Waals surface area contributed by atoms with Crippen molar-refractivity contribution in [2.45, 2.75) is 19.8 Å². The maximum absolute atomic E-state index is 12.2. The molecule has 0 aliphatic carbocycles. The summed E-state index contributed by atoms with van der Waals surface area (Å²) >= 11 is 5.96. The first-order valence-electron chi connectivity index (χ1n) is 10.5. The van der Waals surface area contributed by atoms with Crippen LogP contribution in [0.15, 0.2) is 47.6 Å². The topological polar surface area (TPSA) is 109 Å². The number of carbonyl (C=O) groups is 3. The predicted molar refractivity (Wildman–Crippen MR) is 125 cm³/mol. The largest absolute Gasteiger partial charge is 0.490 e. The molecule has 2 N–H and O–H groups in total. The third-order valence-corrected chi connectivity index (χ3v) is 5.12. The molecule has 0 aromatic heterocycles. The molecule has 1 fully saturated rings. The van der Waals surface area contributed by atoms with Crippen molar-refractivity contribution in [3.8, 4) is 11.5 Å². The van der Waals surface area contributed by atoms with Gasteiger partial charge in [0.15, 0.2) is 18.1 Å². The molecule has 0 radical (unpaired) electrons. The molecule has 174 valence electrons. The lowest BCUT2D eigenvalue weighted by Crippen LogP contribution is -2.32. The lowest BCUT2D eigenvalue weighted by Gasteiger charge is -2.17. The smallest absolute Gasteiger partial charge is 0.329 e. The second-order valence-corrected chi connectivity index (χ2v) is 7.56. The van der Waals surface area contributed by atoms with E-state index in [0.717, 1.165) is 25.9 Å². The number of anilines is 1. The van der Waals surface area contributed by atoms with Crippen molar-refractivity contribution in [2.75, 3.05) is 31.6 Å². The number of ether oxygens (including phenoxy) is 2. The quantitative estimate of drug-likeness (QED) is 0.349. The van der Waals surface area contributed by atoms with E-state index in [0.29, 0.717) is 34.4 Å². The first-order valence-corrected chi connectivity index (χ1v) is 10.9. The third-order valence-electron chi connectivity index (χ3n) is 4.79. The third kappa shape index (κ3) is 6.95. The number of nitrogens with one attached hydrogen (secondary N) is 2. The Balaban J connectivity index is 1.56. The number of hydrogen-bond acceptors (Lipinski definition) is 6. The molecular weight excluding hydrogens is 448 g/mol. The molecule has 3 amide bonds. The Hall–Kier alpha value is -3.59. The van der Waals surface area contributed by atoms with Crippen LogP contribution in [0.4, 0.5) is 5.69 Å². The summed E-state index contributed by atoms with van der Waals surface area (Å²) in [6.45, 7) is 3.69. The van der Waals surface area contributed by atoms with E-state index in [1.54, 1.807) is 47.4 Å². The first-order chi connectivity index (χ1) is 16.0. The molecule has 33 heavy (non-hydrogen) atoms. The Morgan fingerprint density at radius 2 is 1.82 bits per heavy atom. The molecule has 3 rings (SSSR count). The van der Waals surface area contributed by atoms with Gasteiger partial charge in [-0.3, -0.25) is 14.4 Å². The minimum atomic E-state index is -0.948. The second-order valence-electron chi connectivity index (χ2n) is 7.15. The molecule has 0 unspecified atom stereocenters. The SMILES string of the molecule is CCOc1cc(/C=N\NC(=O)C(=O)Nc2ccccc2Cl)ccc1OCC(=O)N1CCCC1. The molecule has 0 spiro atoms. The lowest BCUT2D eigenvalue weighted by molar-refractivity contribution is -0.136. The Bertz CT molecular complexity index is 1040. The fraction of sp³-hybridized carbons (Fsp3) is 0.304. The molecule has 0 bridgehead atoms. The van der Waals surface area contributed by atoms with Crippen LogP contribution in [0.3, 0.4) is 0 Å². The van der Waals surface area contributed by atoms with Gasteiger partial charge in [0.2, 0.25) is 0 Å². The van der Waals surface area contributed by atoms with Gasteiger partial charge in [0.05, 0.1) is 23.5 Å². The molecule has 2 aromatic rings. The van der Waals surface area contributed by atoms with Crippen LogP contribution < -0.4 is 20.2 Å². The molecule has 1 saturated heterocycles. The molecule has 10 heteroatoms. The summed E-state index contributed by atoms with van der Waals surface area (Å²) in [4.78, 5) is 38.0. The number of para-hydroxylation sites is 1. The Morgan fingerprint density at radius 3 is 2.55 bits per heavy atom. The molecule has 9 nitrogen and oxygen atoms in total. The zero-order chi connectivity index (χ0) is 23.6. The van der Waals surface area contributed by atoms with E-state index in [9.17, 15) is 14.4 Å². The molecule has 2 aromatic carbocycles. The lowest BCUT2D eigenvalue weighted by atomic mass is 10.2. The summed E-state index contributed by atoms with van der Waals surface area (Å²) in [6.07, 6.45) is 3.40. The van der Waals surface area contributed by atoms with E-state index >= 15 is 0 Å². The van der Waals surface area contributed by atoms with Crippen LogP contribution in [0.1, 0.15) is 25.3 Å². The van der Waals surface area contributed by atoms with E-state index in [1.165, 1.54) is 6.21 Å². The number of rotatable bonds is 8. The van der Waals surface area contributed by atoms with Crippen molar-refractivity contribution < 1.29 is 23.9 Å². The van der Waals surface area contributed by atoms with Crippen LogP contribution in [-0.4, -0.2) is 55.1 Å². The molecule has 0 atom stereocenters. The van der Waals surface area contributed by atoms with Crippen molar-refractivity contribution in [3.63, 3.8) is 0 Å². The van der Waals surface area contributed by atoms with Crippen LogP contribution in [0, 0.1) is 0 Å². The second kappa shape index (κ2) is 11.9. The Kier molecular flexibility index (Phi) is 8.65. The normalized spacial score (nSPS) is 13.1. The van der Waals surface area contributed by atoms with Gasteiger partial charge in [-0.2, -0.15) is 5.10 Å². The molecule has 1 aliphatic heterocycles. The number of hydrazone groups is 1. The van der Waals surface area contributed by atoms with E-state index in [2.05, 4.69) is 15.8 Å². The summed E-state index contributed by atoms with van der Waals surface area (Å²) in [5.74, 6) is -1.03. The maximum Gasteiger partial charge on any atom is 0.329 e. The number of carbonyl (C=O) groups excluding carboxylic acids is 3.